The number of benzene rings is 1. The summed E-state index contributed by atoms with van der Waals surface area (Å²) in [6, 6.07) is 9.99. The first-order valence-corrected chi connectivity index (χ1v) is 5.27. The molecule has 0 saturated heterocycles. The largest absolute Gasteiger partial charge is 0.326 e. The predicted molar refractivity (Wildman–Crippen MR) is 59.5 cm³/mol. The summed E-state index contributed by atoms with van der Waals surface area (Å²) in [6.45, 7) is 0.652. The summed E-state index contributed by atoms with van der Waals surface area (Å²) < 4.78 is 2.01. The van der Waals surface area contributed by atoms with Gasteiger partial charge in [-0.3, -0.25) is 0 Å². The van der Waals surface area contributed by atoms with Gasteiger partial charge in [-0.05, 0) is 12.1 Å². The van der Waals surface area contributed by atoms with E-state index in [0.29, 0.717) is 18.8 Å². The van der Waals surface area contributed by atoms with Crippen molar-refractivity contribution in [2.75, 3.05) is 0 Å². The number of fused-ring (bicyclic) bond motifs is 1. The Labute approximate surface area is 92.9 Å². The van der Waals surface area contributed by atoms with Crippen LogP contribution in [-0.4, -0.2) is 9.55 Å². The summed E-state index contributed by atoms with van der Waals surface area (Å²) >= 11 is 5.82. The van der Waals surface area contributed by atoms with E-state index in [-0.39, 0.29) is 0 Å². The first kappa shape index (κ1) is 10.0. The van der Waals surface area contributed by atoms with E-state index in [1.54, 1.807) is 0 Å². The first-order valence-electron chi connectivity index (χ1n) is 4.74. The van der Waals surface area contributed by atoms with Crippen molar-refractivity contribution in [3.63, 3.8) is 0 Å². The molecule has 0 aliphatic heterocycles. The maximum atomic E-state index is 8.58. The van der Waals surface area contributed by atoms with Crippen LogP contribution in [0.3, 0.4) is 0 Å². The lowest BCUT2D eigenvalue weighted by Crippen LogP contribution is -2.01. The molecule has 1 aromatic heterocycles. The van der Waals surface area contributed by atoms with Crippen LogP contribution in [0.4, 0.5) is 0 Å². The predicted octanol–water partition coefficient (Wildman–Crippen LogP) is 2.69. The molecule has 2 aromatic rings. The van der Waals surface area contributed by atoms with E-state index in [1.807, 2.05) is 28.8 Å². The zero-order chi connectivity index (χ0) is 10.7. The molecule has 0 radical (unpaired) electrons. The maximum absolute atomic E-state index is 8.58. The number of nitrogens with zero attached hydrogens (tertiary/aromatic N) is 3. The van der Waals surface area contributed by atoms with Crippen molar-refractivity contribution in [2.45, 2.75) is 18.8 Å². The molecule has 0 spiro atoms. The molecule has 1 aromatic carbocycles. The van der Waals surface area contributed by atoms with Gasteiger partial charge in [-0.2, -0.15) is 5.26 Å². The smallest absolute Gasteiger partial charge is 0.124 e. The van der Waals surface area contributed by atoms with Crippen molar-refractivity contribution in [3.05, 3.63) is 30.1 Å². The monoisotopic (exact) mass is 219 g/mol. The fourth-order valence-corrected chi connectivity index (χ4v) is 1.84. The van der Waals surface area contributed by atoms with Gasteiger partial charge in [0.15, 0.2) is 0 Å². The zero-order valence-electron chi connectivity index (χ0n) is 8.15. The van der Waals surface area contributed by atoms with Gasteiger partial charge >= 0.3 is 0 Å². The molecular weight excluding hydrogens is 210 g/mol. The molecule has 0 unspecified atom stereocenters. The Morgan fingerprint density at radius 1 is 1.40 bits per heavy atom. The molecular formula is C11H10ClN3. The Balaban J connectivity index is 2.52. The number of para-hydroxylation sites is 2. The number of aryl methyl sites for hydroxylation is 1. The highest BCUT2D eigenvalue weighted by Gasteiger charge is 2.08. The van der Waals surface area contributed by atoms with Gasteiger partial charge in [0.05, 0.1) is 29.4 Å². The van der Waals surface area contributed by atoms with E-state index in [0.717, 1.165) is 16.9 Å². The lowest BCUT2D eigenvalue weighted by Gasteiger charge is -2.03. The summed E-state index contributed by atoms with van der Waals surface area (Å²) in [6.07, 6.45) is 0.476. The van der Waals surface area contributed by atoms with Crippen LogP contribution in [0.2, 0.25) is 0 Å². The molecule has 0 bridgehead atoms. The second-order valence-electron chi connectivity index (χ2n) is 3.21. The summed E-state index contributed by atoms with van der Waals surface area (Å²) in [5, 5.41) is 8.58. The standard InChI is InChI=1S/C11H10ClN3/c12-8-11-14-9-4-1-2-5-10(9)15(11)7-3-6-13/h1-2,4-5H,3,7-8H2. The summed E-state index contributed by atoms with van der Waals surface area (Å²) in [5.41, 5.74) is 1.98. The lowest BCUT2D eigenvalue weighted by molar-refractivity contribution is 0.705. The first-order chi connectivity index (χ1) is 7.36. The van der Waals surface area contributed by atoms with Crippen molar-refractivity contribution in [1.29, 1.82) is 5.26 Å². The molecule has 4 heteroatoms. The number of aromatic nitrogens is 2. The Morgan fingerprint density at radius 2 is 2.20 bits per heavy atom. The third-order valence-corrected chi connectivity index (χ3v) is 2.54. The molecule has 2 rings (SSSR count). The number of hydrogen-bond donors (Lipinski definition) is 0. The van der Waals surface area contributed by atoms with Gasteiger partial charge in [0.2, 0.25) is 0 Å². The third kappa shape index (κ3) is 1.81. The number of imidazole rings is 1. The number of alkyl halides is 1. The minimum Gasteiger partial charge on any atom is -0.326 e. The normalized spacial score (nSPS) is 10.4. The van der Waals surface area contributed by atoms with Crippen LogP contribution in [0.1, 0.15) is 12.2 Å². The van der Waals surface area contributed by atoms with Gasteiger partial charge in [0.25, 0.3) is 0 Å². The second-order valence-corrected chi connectivity index (χ2v) is 3.48. The fourth-order valence-electron chi connectivity index (χ4n) is 1.64. The Morgan fingerprint density at radius 3 is 2.93 bits per heavy atom. The average molecular weight is 220 g/mol. The number of nitriles is 1. The number of rotatable bonds is 3. The lowest BCUT2D eigenvalue weighted by atomic mass is 10.3. The van der Waals surface area contributed by atoms with Gasteiger partial charge in [-0.25, -0.2) is 4.98 Å². The molecule has 76 valence electrons. The molecule has 0 fully saturated rings. The molecule has 0 amide bonds. The Bertz CT molecular complexity index is 510. The summed E-state index contributed by atoms with van der Waals surface area (Å²) in [7, 11) is 0. The Kier molecular flexibility index (Phi) is 2.89. The highest BCUT2D eigenvalue weighted by atomic mass is 35.5. The van der Waals surface area contributed by atoms with E-state index in [9.17, 15) is 0 Å². The van der Waals surface area contributed by atoms with Crippen LogP contribution >= 0.6 is 11.6 Å². The van der Waals surface area contributed by atoms with Crippen molar-refractivity contribution in [3.8, 4) is 6.07 Å². The summed E-state index contributed by atoms with van der Waals surface area (Å²) in [4.78, 5) is 4.41. The summed E-state index contributed by atoms with van der Waals surface area (Å²) in [5.74, 6) is 1.20. The van der Waals surface area contributed by atoms with Crippen molar-refractivity contribution in [1.82, 2.24) is 9.55 Å². The van der Waals surface area contributed by atoms with E-state index in [4.69, 9.17) is 16.9 Å². The molecule has 0 saturated carbocycles. The minimum absolute atomic E-state index is 0.375. The van der Waals surface area contributed by atoms with Gasteiger partial charge in [0.1, 0.15) is 5.82 Å². The molecule has 0 atom stereocenters. The molecule has 15 heavy (non-hydrogen) atoms. The topological polar surface area (TPSA) is 41.6 Å². The van der Waals surface area contributed by atoms with Crippen molar-refractivity contribution >= 4 is 22.6 Å². The van der Waals surface area contributed by atoms with Crippen molar-refractivity contribution in [2.24, 2.45) is 0 Å². The molecule has 0 aliphatic rings. The van der Waals surface area contributed by atoms with Crippen LogP contribution in [0, 0.1) is 11.3 Å². The van der Waals surface area contributed by atoms with Gasteiger partial charge in [-0.1, -0.05) is 12.1 Å². The number of hydrogen-bond acceptors (Lipinski definition) is 2. The van der Waals surface area contributed by atoms with Crippen LogP contribution in [0.15, 0.2) is 24.3 Å². The molecule has 3 nitrogen and oxygen atoms in total. The van der Waals surface area contributed by atoms with Crippen molar-refractivity contribution < 1.29 is 0 Å². The van der Waals surface area contributed by atoms with E-state index < -0.39 is 0 Å². The highest BCUT2D eigenvalue weighted by molar-refractivity contribution is 6.16. The number of halogens is 1. The van der Waals surface area contributed by atoms with Crippen LogP contribution < -0.4 is 0 Å². The van der Waals surface area contributed by atoms with Crippen LogP contribution in [-0.2, 0) is 12.4 Å². The average Bonchev–Trinajstić information content (AvgIpc) is 2.64. The quantitative estimate of drug-likeness (QED) is 0.745. The van der Waals surface area contributed by atoms with Gasteiger partial charge < -0.3 is 4.57 Å². The molecule has 0 N–H and O–H groups in total. The van der Waals surface area contributed by atoms with Crippen LogP contribution in [0.25, 0.3) is 11.0 Å². The Hall–Kier alpha value is -1.53. The van der Waals surface area contributed by atoms with E-state index in [1.165, 1.54) is 0 Å². The SMILES string of the molecule is N#CCCn1c(CCl)nc2ccccc21. The third-order valence-electron chi connectivity index (χ3n) is 2.30. The second kappa shape index (κ2) is 4.33. The van der Waals surface area contributed by atoms with E-state index >= 15 is 0 Å². The van der Waals surface area contributed by atoms with Gasteiger partial charge in [0, 0.05) is 6.54 Å². The highest BCUT2D eigenvalue weighted by Crippen LogP contribution is 2.17. The molecule has 0 aliphatic carbocycles. The van der Waals surface area contributed by atoms with E-state index in [2.05, 4.69) is 11.1 Å². The fraction of sp³-hybridized carbons (Fsp3) is 0.273. The maximum Gasteiger partial charge on any atom is 0.124 e. The zero-order valence-corrected chi connectivity index (χ0v) is 8.91. The van der Waals surface area contributed by atoms with Gasteiger partial charge in [-0.15, -0.1) is 11.6 Å². The van der Waals surface area contributed by atoms with Crippen LogP contribution in [0.5, 0.6) is 0 Å². The minimum atomic E-state index is 0.375. The molecule has 1 heterocycles.